The number of nitrogens with one attached hydrogen (secondary N) is 1. The van der Waals surface area contributed by atoms with E-state index in [9.17, 15) is 13.2 Å². The SMILES string of the molecule is CC(=O)NCC(C)c1cn(S(=O)(=O)c2ccc(C)cc2)c2ccc(OCCOc3ccn(C)n3)cc12. The Morgan fingerprint density at radius 1 is 1.08 bits per heavy atom. The molecule has 0 aliphatic rings. The molecule has 0 spiro atoms. The Bertz CT molecular complexity index is 1470. The van der Waals surface area contributed by atoms with Crippen LogP contribution in [0.15, 0.2) is 65.8 Å². The molecule has 0 saturated carbocycles. The van der Waals surface area contributed by atoms with E-state index in [1.807, 2.05) is 27.0 Å². The van der Waals surface area contributed by atoms with Crippen LogP contribution in [-0.2, 0) is 21.9 Å². The van der Waals surface area contributed by atoms with Crippen molar-refractivity contribution in [3.8, 4) is 11.6 Å². The molecule has 10 heteroatoms. The van der Waals surface area contributed by atoms with Crippen LogP contribution in [0, 0.1) is 6.92 Å². The van der Waals surface area contributed by atoms with Crippen LogP contribution in [0.1, 0.15) is 30.9 Å². The Morgan fingerprint density at radius 2 is 1.81 bits per heavy atom. The van der Waals surface area contributed by atoms with Gasteiger partial charge in [0.1, 0.15) is 19.0 Å². The van der Waals surface area contributed by atoms with Gasteiger partial charge < -0.3 is 14.8 Å². The van der Waals surface area contributed by atoms with Crippen LogP contribution in [0.2, 0.25) is 0 Å². The third-order valence-corrected chi connectivity index (χ3v) is 7.52. The molecule has 1 atom stereocenters. The maximum Gasteiger partial charge on any atom is 0.268 e. The second kappa shape index (κ2) is 10.4. The fourth-order valence-corrected chi connectivity index (χ4v) is 5.27. The van der Waals surface area contributed by atoms with E-state index in [2.05, 4.69) is 10.4 Å². The Hall–Kier alpha value is -3.79. The lowest BCUT2D eigenvalue weighted by molar-refractivity contribution is -0.119. The van der Waals surface area contributed by atoms with Crippen molar-refractivity contribution in [3.63, 3.8) is 0 Å². The second-order valence-electron chi connectivity index (χ2n) is 8.74. The fraction of sp³-hybridized carbons (Fsp3) is 0.308. The number of carbonyl (C=O) groups is 1. The van der Waals surface area contributed by atoms with Gasteiger partial charge in [0.05, 0.1) is 10.4 Å². The predicted octanol–water partition coefficient (Wildman–Crippen LogP) is 3.62. The summed E-state index contributed by atoms with van der Waals surface area (Å²) in [6, 6.07) is 13.8. The first kappa shape index (κ1) is 25.3. The van der Waals surface area contributed by atoms with E-state index in [1.54, 1.807) is 59.5 Å². The van der Waals surface area contributed by atoms with Crippen LogP contribution >= 0.6 is 0 Å². The minimum atomic E-state index is -3.83. The standard InChI is InChI=1S/C26H30N4O5S/c1-18-5-8-22(9-6-18)36(32,33)30-17-24(19(2)16-27-20(3)31)23-15-21(7-10-25(23)30)34-13-14-35-26-11-12-29(4)28-26/h5-12,15,17,19H,13-14,16H2,1-4H3,(H,27,31). The number of aromatic nitrogens is 3. The molecule has 9 nitrogen and oxygen atoms in total. The summed E-state index contributed by atoms with van der Waals surface area (Å²) in [5.74, 6) is 0.831. The molecule has 4 rings (SSSR count). The molecule has 2 aromatic heterocycles. The number of ether oxygens (including phenoxy) is 2. The van der Waals surface area contributed by atoms with E-state index >= 15 is 0 Å². The van der Waals surface area contributed by atoms with Crippen LogP contribution in [0.25, 0.3) is 10.9 Å². The minimum Gasteiger partial charge on any atom is -0.490 e. The quantitative estimate of drug-likeness (QED) is 0.327. The zero-order valence-corrected chi connectivity index (χ0v) is 21.6. The Kier molecular flexibility index (Phi) is 7.35. The fourth-order valence-electron chi connectivity index (χ4n) is 3.89. The molecule has 2 heterocycles. The highest BCUT2D eigenvalue weighted by atomic mass is 32.2. The van der Waals surface area contributed by atoms with Crippen molar-refractivity contribution in [2.45, 2.75) is 31.6 Å². The molecule has 4 aromatic rings. The van der Waals surface area contributed by atoms with Gasteiger partial charge in [0.2, 0.25) is 11.8 Å². The van der Waals surface area contributed by atoms with Crippen molar-refractivity contribution in [2.24, 2.45) is 7.05 Å². The van der Waals surface area contributed by atoms with Crippen LogP contribution < -0.4 is 14.8 Å². The number of rotatable bonds is 10. The number of hydrogen-bond acceptors (Lipinski definition) is 6. The number of benzene rings is 2. The molecule has 0 fully saturated rings. The van der Waals surface area contributed by atoms with E-state index in [0.29, 0.717) is 36.9 Å². The van der Waals surface area contributed by atoms with Gasteiger partial charge in [-0.1, -0.05) is 24.6 Å². The zero-order chi connectivity index (χ0) is 25.9. The molecule has 1 N–H and O–H groups in total. The van der Waals surface area contributed by atoms with Gasteiger partial charge in [0.25, 0.3) is 10.0 Å². The third-order valence-electron chi connectivity index (χ3n) is 5.83. The van der Waals surface area contributed by atoms with Crippen LogP contribution in [0.4, 0.5) is 0 Å². The van der Waals surface area contributed by atoms with Gasteiger partial charge in [0.15, 0.2) is 0 Å². The van der Waals surface area contributed by atoms with E-state index in [4.69, 9.17) is 9.47 Å². The van der Waals surface area contributed by atoms with Crippen LogP contribution in [0.5, 0.6) is 11.6 Å². The number of aryl methyl sites for hydroxylation is 2. The summed E-state index contributed by atoms with van der Waals surface area (Å²) in [4.78, 5) is 11.7. The molecular weight excluding hydrogens is 480 g/mol. The molecule has 0 aliphatic carbocycles. The summed E-state index contributed by atoms with van der Waals surface area (Å²) in [5, 5.41) is 7.72. The van der Waals surface area contributed by atoms with Gasteiger partial charge in [-0.3, -0.25) is 9.48 Å². The number of nitrogens with zero attached hydrogens (tertiary/aromatic N) is 3. The maximum absolute atomic E-state index is 13.5. The van der Waals surface area contributed by atoms with E-state index in [1.165, 1.54) is 10.9 Å². The average Bonchev–Trinajstić information content (AvgIpc) is 3.44. The number of carbonyl (C=O) groups excluding carboxylic acids is 1. The predicted molar refractivity (Wildman–Crippen MR) is 137 cm³/mol. The highest BCUT2D eigenvalue weighted by molar-refractivity contribution is 7.90. The first-order valence-electron chi connectivity index (χ1n) is 11.6. The maximum atomic E-state index is 13.5. The van der Waals surface area contributed by atoms with Gasteiger partial charge >= 0.3 is 0 Å². The monoisotopic (exact) mass is 510 g/mol. The van der Waals surface area contributed by atoms with Gasteiger partial charge in [-0.2, -0.15) is 0 Å². The molecule has 0 bridgehead atoms. The van der Waals surface area contributed by atoms with E-state index in [0.717, 1.165) is 16.5 Å². The largest absolute Gasteiger partial charge is 0.490 e. The van der Waals surface area contributed by atoms with Crippen molar-refractivity contribution in [1.29, 1.82) is 0 Å². The van der Waals surface area contributed by atoms with E-state index in [-0.39, 0.29) is 16.7 Å². The minimum absolute atomic E-state index is 0.131. The molecule has 190 valence electrons. The highest BCUT2D eigenvalue weighted by Crippen LogP contribution is 2.33. The molecular formula is C26H30N4O5S. The van der Waals surface area contributed by atoms with Gasteiger partial charge in [-0.25, -0.2) is 12.4 Å². The average molecular weight is 511 g/mol. The molecule has 0 aliphatic heterocycles. The molecule has 0 radical (unpaired) electrons. The Labute approximate surface area is 210 Å². The van der Waals surface area contributed by atoms with Crippen molar-refractivity contribution in [2.75, 3.05) is 19.8 Å². The lowest BCUT2D eigenvalue weighted by atomic mass is 10.0. The Morgan fingerprint density at radius 3 is 2.47 bits per heavy atom. The number of amides is 1. The molecule has 36 heavy (non-hydrogen) atoms. The van der Waals surface area contributed by atoms with Crippen molar-refractivity contribution in [1.82, 2.24) is 19.1 Å². The normalized spacial score (nSPS) is 12.4. The zero-order valence-electron chi connectivity index (χ0n) is 20.8. The van der Waals surface area contributed by atoms with Crippen LogP contribution in [-0.4, -0.2) is 47.8 Å². The summed E-state index contributed by atoms with van der Waals surface area (Å²) < 4.78 is 41.5. The summed E-state index contributed by atoms with van der Waals surface area (Å²) in [6.45, 7) is 6.29. The highest BCUT2D eigenvalue weighted by Gasteiger charge is 2.23. The molecule has 1 amide bonds. The van der Waals surface area contributed by atoms with Crippen LogP contribution in [0.3, 0.4) is 0 Å². The summed E-state index contributed by atoms with van der Waals surface area (Å²) in [6.07, 6.45) is 3.43. The lowest BCUT2D eigenvalue weighted by Gasteiger charge is -2.12. The van der Waals surface area contributed by atoms with Crippen molar-refractivity contribution >= 4 is 26.8 Å². The topological polar surface area (TPSA) is 104 Å². The van der Waals surface area contributed by atoms with E-state index < -0.39 is 10.0 Å². The number of hydrogen-bond donors (Lipinski definition) is 1. The summed E-state index contributed by atoms with van der Waals surface area (Å²) in [7, 11) is -2.02. The van der Waals surface area contributed by atoms with Gasteiger partial charge in [-0.15, -0.1) is 5.10 Å². The Balaban J connectivity index is 1.64. The second-order valence-corrected chi connectivity index (χ2v) is 10.6. The first-order chi connectivity index (χ1) is 17.1. The number of fused-ring (bicyclic) bond motifs is 1. The molecule has 0 saturated heterocycles. The summed E-state index contributed by atoms with van der Waals surface area (Å²) >= 11 is 0. The van der Waals surface area contributed by atoms with Crippen molar-refractivity contribution in [3.05, 3.63) is 72.1 Å². The molecule has 2 aromatic carbocycles. The van der Waals surface area contributed by atoms with Gasteiger partial charge in [0, 0.05) is 50.3 Å². The third kappa shape index (κ3) is 5.54. The smallest absolute Gasteiger partial charge is 0.268 e. The lowest BCUT2D eigenvalue weighted by Crippen LogP contribution is -2.24. The van der Waals surface area contributed by atoms with Crippen molar-refractivity contribution < 1.29 is 22.7 Å². The first-order valence-corrected chi connectivity index (χ1v) is 13.1. The summed E-state index contributed by atoms with van der Waals surface area (Å²) in [5.41, 5.74) is 2.31. The van der Waals surface area contributed by atoms with Gasteiger partial charge in [-0.05, 0) is 42.8 Å². The molecule has 1 unspecified atom stereocenters.